The number of imide groups is 1. The van der Waals surface area contributed by atoms with Gasteiger partial charge in [0.25, 0.3) is 11.6 Å². The summed E-state index contributed by atoms with van der Waals surface area (Å²) in [6.45, 7) is 0. The molecule has 4 aliphatic rings. The molecule has 1 saturated heterocycles. The molecule has 74 valence electrons. The summed E-state index contributed by atoms with van der Waals surface area (Å²) in [5.41, 5.74) is -0.476. The average Bonchev–Trinajstić information content (AvgIpc) is 2.52. The minimum absolute atomic E-state index is 0.0203. The minimum Gasteiger partial charge on any atom is -0.480 e. The second-order valence-electron chi connectivity index (χ2n) is 4.13. The molecule has 0 aromatic heterocycles. The third kappa shape index (κ3) is 0.625. The number of amides is 3. The Balaban J connectivity index is 2.15. The molecule has 5 heteroatoms. The fourth-order valence-electron chi connectivity index (χ4n) is 2.88. The molecular formula is C9H11N2O3+. The number of hydrogen-bond donors (Lipinski definition) is 1. The Bertz CT molecular complexity index is 380. The molecule has 3 amide bonds. The summed E-state index contributed by atoms with van der Waals surface area (Å²) in [4.78, 5) is 24.3. The zero-order valence-corrected chi connectivity index (χ0v) is 7.69. The first kappa shape index (κ1) is 7.96. The van der Waals surface area contributed by atoms with Crippen LogP contribution < -0.4 is 0 Å². The summed E-state index contributed by atoms with van der Waals surface area (Å²) in [7, 11) is 0. The first-order valence-corrected chi connectivity index (χ1v) is 4.89. The van der Waals surface area contributed by atoms with Crippen molar-refractivity contribution in [2.24, 2.45) is 0 Å². The van der Waals surface area contributed by atoms with E-state index in [9.17, 15) is 14.7 Å². The van der Waals surface area contributed by atoms with E-state index in [1.807, 2.05) is 0 Å². The van der Waals surface area contributed by atoms with Crippen molar-refractivity contribution in [1.82, 2.24) is 4.90 Å². The molecule has 1 spiro atoms. The molecule has 0 unspecified atom stereocenters. The highest BCUT2D eigenvalue weighted by Gasteiger charge is 2.73. The fraction of sp³-hybridized carbons (Fsp3) is 0.667. The quantitative estimate of drug-likeness (QED) is 0.575. The molecule has 2 bridgehead atoms. The Morgan fingerprint density at radius 1 is 1.29 bits per heavy atom. The lowest BCUT2D eigenvalue weighted by atomic mass is 9.96. The van der Waals surface area contributed by atoms with Gasteiger partial charge in [0.05, 0.1) is 0 Å². The van der Waals surface area contributed by atoms with E-state index in [0.717, 1.165) is 25.7 Å². The molecule has 0 atom stereocenters. The summed E-state index contributed by atoms with van der Waals surface area (Å²) in [6, 6.07) is -0.347. The summed E-state index contributed by atoms with van der Waals surface area (Å²) < 4.78 is 1.40. The van der Waals surface area contributed by atoms with Gasteiger partial charge >= 0.3 is 11.9 Å². The van der Waals surface area contributed by atoms with E-state index in [0.29, 0.717) is 0 Å². The highest BCUT2D eigenvalue weighted by molar-refractivity contribution is 6.08. The van der Waals surface area contributed by atoms with E-state index in [1.54, 1.807) is 0 Å². The van der Waals surface area contributed by atoms with Gasteiger partial charge in [0.15, 0.2) is 0 Å². The van der Waals surface area contributed by atoms with Crippen LogP contribution in [0.25, 0.3) is 0 Å². The Labute approximate surface area is 80.6 Å². The van der Waals surface area contributed by atoms with Crippen molar-refractivity contribution >= 4 is 17.8 Å². The lowest BCUT2D eigenvalue weighted by molar-refractivity contribution is -0.621. The van der Waals surface area contributed by atoms with Gasteiger partial charge in [0.2, 0.25) is 0 Å². The van der Waals surface area contributed by atoms with Crippen LogP contribution in [-0.2, 0) is 4.79 Å². The maximum Gasteiger partial charge on any atom is 0.510 e. The summed E-state index contributed by atoms with van der Waals surface area (Å²) in [5, 5.41) is 9.56. The van der Waals surface area contributed by atoms with Gasteiger partial charge in [-0.1, -0.05) is 0 Å². The molecule has 0 radical (unpaired) electrons. The molecule has 14 heavy (non-hydrogen) atoms. The predicted octanol–water partition coefficient (Wildman–Crippen LogP) is 0.592. The molecule has 3 aliphatic heterocycles. The molecule has 0 aromatic rings. The van der Waals surface area contributed by atoms with Crippen molar-refractivity contribution in [3.63, 3.8) is 0 Å². The minimum atomic E-state index is -0.476. The maximum atomic E-state index is 11.5. The number of hydrogen-bond acceptors (Lipinski definition) is 2. The lowest BCUT2D eigenvalue weighted by Gasteiger charge is -2.43. The van der Waals surface area contributed by atoms with E-state index in [1.165, 1.54) is 9.48 Å². The maximum absolute atomic E-state index is 11.5. The van der Waals surface area contributed by atoms with Gasteiger partial charge in [-0.2, -0.15) is 4.79 Å². The second kappa shape index (κ2) is 2.16. The van der Waals surface area contributed by atoms with E-state index < -0.39 is 5.66 Å². The topological polar surface area (TPSA) is 60.6 Å². The largest absolute Gasteiger partial charge is 0.510 e. The predicted molar refractivity (Wildman–Crippen MR) is 46.0 cm³/mol. The molecule has 4 rings (SSSR count). The number of carbonyl (C=O) groups excluding carboxylic acids is 2. The van der Waals surface area contributed by atoms with Gasteiger partial charge in [-0.25, -0.2) is 4.79 Å². The number of carbonyl (C=O) groups is 2. The molecule has 2 fully saturated rings. The number of aliphatic hydroxyl groups excluding tert-OH is 1. The monoisotopic (exact) mass is 195 g/mol. The lowest BCUT2D eigenvalue weighted by Crippen LogP contribution is -2.77. The Morgan fingerprint density at radius 2 is 1.93 bits per heavy atom. The second-order valence-corrected chi connectivity index (χ2v) is 4.13. The fourth-order valence-corrected chi connectivity index (χ4v) is 2.88. The van der Waals surface area contributed by atoms with Crippen LogP contribution in [0, 0.1) is 0 Å². The van der Waals surface area contributed by atoms with Crippen molar-refractivity contribution in [2.45, 2.75) is 37.8 Å². The standard InChI is InChI=1S/C9H10N2O3/c12-6-5-7(13)11-8(14)10(6)9(11)3-1-2-4-9/h1-5H2/p+1. The van der Waals surface area contributed by atoms with Crippen LogP contribution in [0.5, 0.6) is 0 Å². The third-order valence-corrected chi connectivity index (χ3v) is 3.44. The van der Waals surface area contributed by atoms with Crippen LogP contribution in [0.2, 0.25) is 0 Å². The van der Waals surface area contributed by atoms with Gasteiger partial charge in [-0.3, -0.25) is 0 Å². The van der Waals surface area contributed by atoms with Crippen LogP contribution in [0.1, 0.15) is 32.1 Å². The van der Waals surface area contributed by atoms with Crippen LogP contribution in [0.3, 0.4) is 0 Å². The molecule has 1 saturated carbocycles. The van der Waals surface area contributed by atoms with Gasteiger partial charge in [0.1, 0.15) is 6.42 Å². The van der Waals surface area contributed by atoms with Crippen LogP contribution in [0.15, 0.2) is 0 Å². The van der Waals surface area contributed by atoms with E-state index >= 15 is 0 Å². The summed E-state index contributed by atoms with van der Waals surface area (Å²) in [5.74, 6) is -0.318. The number of fused-ring (bicyclic) bond motifs is 2. The van der Waals surface area contributed by atoms with Gasteiger partial charge < -0.3 is 5.11 Å². The Hall–Kier alpha value is -1.39. The Kier molecular flexibility index (Phi) is 1.23. The normalized spacial score (nSPS) is 28.7. The SMILES string of the molecule is O=C1CC(O)=[N+]2C(=O)N1C21CCCC1. The van der Waals surface area contributed by atoms with E-state index in [4.69, 9.17) is 0 Å². The van der Waals surface area contributed by atoms with Crippen molar-refractivity contribution in [2.75, 3.05) is 0 Å². The van der Waals surface area contributed by atoms with Crippen molar-refractivity contribution in [3.8, 4) is 0 Å². The highest BCUT2D eigenvalue weighted by Crippen LogP contribution is 2.45. The van der Waals surface area contributed by atoms with Gasteiger partial charge in [0, 0.05) is 12.8 Å². The zero-order valence-electron chi connectivity index (χ0n) is 7.69. The molecule has 3 heterocycles. The van der Waals surface area contributed by atoms with E-state index in [2.05, 4.69) is 0 Å². The summed E-state index contributed by atoms with van der Waals surface area (Å²) in [6.07, 6.45) is 3.61. The number of urea groups is 1. The molecular weight excluding hydrogens is 184 g/mol. The molecule has 1 N–H and O–H groups in total. The zero-order chi connectivity index (χ0) is 9.92. The average molecular weight is 195 g/mol. The molecule has 5 nitrogen and oxygen atoms in total. The molecule has 0 aromatic carbocycles. The van der Waals surface area contributed by atoms with Crippen LogP contribution in [-0.4, -0.2) is 38.1 Å². The van der Waals surface area contributed by atoms with Crippen LogP contribution in [0.4, 0.5) is 4.79 Å². The van der Waals surface area contributed by atoms with Crippen molar-refractivity contribution in [1.29, 1.82) is 0 Å². The smallest absolute Gasteiger partial charge is 0.480 e. The number of nitrogens with zero attached hydrogens (tertiary/aromatic N) is 2. The highest BCUT2D eigenvalue weighted by atomic mass is 16.3. The number of rotatable bonds is 0. The first-order chi connectivity index (χ1) is 6.67. The van der Waals surface area contributed by atoms with Crippen molar-refractivity contribution in [3.05, 3.63) is 0 Å². The van der Waals surface area contributed by atoms with Gasteiger partial charge in [-0.15, -0.1) is 9.48 Å². The summed E-state index contributed by atoms with van der Waals surface area (Å²) >= 11 is 0. The Morgan fingerprint density at radius 3 is 2.43 bits per heavy atom. The van der Waals surface area contributed by atoms with Crippen LogP contribution >= 0.6 is 0 Å². The van der Waals surface area contributed by atoms with Gasteiger partial charge in [-0.05, 0) is 12.8 Å². The first-order valence-electron chi connectivity index (χ1n) is 4.89. The van der Waals surface area contributed by atoms with Crippen molar-refractivity contribution < 1.29 is 19.3 Å². The third-order valence-electron chi connectivity index (χ3n) is 3.44. The van der Waals surface area contributed by atoms with E-state index in [-0.39, 0.29) is 24.3 Å². The number of aliphatic hydroxyl groups is 1. The molecule has 1 aliphatic carbocycles.